The standard InChI is InChI=1S/C19H26O3/c20-17(18-3-1-13(8-18)2-4-18)21-12-22-19-9-14-5-15(10-19)7-16(6-14)11-19/h1,3,13-16H,2,4-12H2. The third-order valence-corrected chi connectivity index (χ3v) is 7.22. The van der Waals surface area contributed by atoms with E-state index in [1.807, 2.05) is 0 Å². The minimum absolute atomic E-state index is 0.0381. The molecule has 3 heteroatoms. The van der Waals surface area contributed by atoms with Crippen LogP contribution in [0.2, 0.25) is 0 Å². The van der Waals surface area contributed by atoms with Crippen molar-refractivity contribution in [2.24, 2.45) is 29.1 Å². The summed E-state index contributed by atoms with van der Waals surface area (Å²) in [5.74, 6) is 3.17. The van der Waals surface area contributed by atoms with E-state index < -0.39 is 0 Å². The summed E-state index contributed by atoms with van der Waals surface area (Å²) >= 11 is 0. The molecule has 6 aliphatic carbocycles. The first-order valence-electron chi connectivity index (χ1n) is 9.15. The summed E-state index contributed by atoms with van der Waals surface area (Å²) in [6, 6.07) is 0. The maximum atomic E-state index is 12.5. The van der Waals surface area contributed by atoms with Crippen molar-refractivity contribution in [2.75, 3.05) is 6.79 Å². The summed E-state index contributed by atoms with van der Waals surface area (Å²) in [6.07, 6.45) is 15.2. The molecule has 0 aromatic heterocycles. The van der Waals surface area contributed by atoms with Gasteiger partial charge in [-0.2, -0.15) is 0 Å². The average molecular weight is 302 g/mol. The first-order chi connectivity index (χ1) is 10.6. The molecule has 6 bridgehead atoms. The average Bonchev–Trinajstić information content (AvgIpc) is 3.07. The monoisotopic (exact) mass is 302 g/mol. The van der Waals surface area contributed by atoms with Crippen molar-refractivity contribution in [1.29, 1.82) is 0 Å². The minimum atomic E-state index is -0.310. The SMILES string of the molecule is O=C(OCOC12CC3CC(CC(C3)C1)C2)C12C=CC(CC1)C2. The fourth-order valence-electron chi connectivity index (χ4n) is 6.56. The van der Waals surface area contributed by atoms with Gasteiger partial charge in [-0.05, 0) is 81.5 Å². The second kappa shape index (κ2) is 4.59. The van der Waals surface area contributed by atoms with Crippen molar-refractivity contribution in [3.8, 4) is 0 Å². The fourth-order valence-corrected chi connectivity index (χ4v) is 6.56. The topological polar surface area (TPSA) is 35.5 Å². The summed E-state index contributed by atoms with van der Waals surface area (Å²) in [7, 11) is 0. The van der Waals surface area contributed by atoms with Crippen molar-refractivity contribution in [3.63, 3.8) is 0 Å². The number of esters is 1. The Hall–Kier alpha value is -0.830. The Morgan fingerprint density at radius 3 is 2.23 bits per heavy atom. The quantitative estimate of drug-likeness (QED) is 0.450. The molecule has 0 N–H and O–H groups in total. The number of hydrogen-bond acceptors (Lipinski definition) is 3. The van der Waals surface area contributed by atoms with E-state index in [9.17, 15) is 4.79 Å². The zero-order chi connectivity index (χ0) is 14.8. The molecule has 120 valence electrons. The third kappa shape index (κ3) is 2.01. The summed E-state index contributed by atoms with van der Waals surface area (Å²) in [6.45, 7) is 0.172. The molecule has 0 amide bonds. The smallest absolute Gasteiger partial charge is 0.318 e. The van der Waals surface area contributed by atoms with E-state index in [1.54, 1.807) is 0 Å². The molecule has 0 heterocycles. The molecule has 6 aliphatic rings. The summed E-state index contributed by atoms with van der Waals surface area (Å²) in [5.41, 5.74) is -0.272. The van der Waals surface area contributed by atoms with Crippen LogP contribution in [0.3, 0.4) is 0 Å². The molecule has 3 nitrogen and oxygen atoms in total. The Morgan fingerprint density at radius 2 is 1.73 bits per heavy atom. The van der Waals surface area contributed by atoms with Gasteiger partial charge in [-0.1, -0.05) is 12.2 Å². The predicted octanol–water partition coefficient (Wildman–Crippen LogP) is 3.83. The zero-order valence-corrected chi connectivity index (χ0v) is 13.3. The highest BCUT2D eigenvalue weighted by Gasteiger charge is 2.52. The highest BCUT2D eigenvalue weighted by atomic mass is 16.7. The molecule has 0 saturated heterocycles. The second-order valence-electron chi connectivity index (χ2n) is 8.81. The normalized spacial score (nSPS) is 50.7. The molecule has 2 unspecified atom stereocenters. The van der Waals surface area contributed by atoms with Crippen LogP contribution in [-0.4, -0.2) is 18.4 Å². The van der Waals surface area contributed by atoms with E-state index in [2.05, 4.69) is 12.2 Å². The van der Waals surface area contributed by atoms with Gasteiger partial charge >= 0.3 is 5.97 Å². The van der Waals surface area contributed by atoms with Gasteiger partial charge in [0, 0.05) is 0 Å². The molecule has 0 radical (unpaired) electrons. The van der Waals surface area contributed by atoms with Crippen molar-refractivity contribution in [1.82, 2.24) is 0 Å². The lowest BCUT2D eigenvalue weighted by molar-refractivity contribution is -0.214. The molecule has 5 saturated carbocycles. The second-order valence-corrected chi connectivity index (χ2v) is 8.81. The Kier molecular flexibility index (Phi) is 2.84. The van der Waals surface area contributed by atoms with Gasteiger partial charge in [0.2, 0.25) is 0 Å². The van der Waals surface area contributed by atoms with Gasteiger partial charge in [-0.15, -0.1) is 0 Å². The van der Waals surface area contributed by atoms with Crippen LogP contribution in [0.25, 0.3) is 0 Å². The van der Waals surface area contributed by atoms with Gasteiger partial charge < -0.3 is 9.47 Å². The zero-order valence-electron chi connectivity index (χ0n) is 13.3. The highest BCUT2D eigenvalue weighted by Crippen LogP contribution is 2.57. The van der Waals surface area contributed by atoms with Crippen molar-refractivity contribution < 1.29 is 14.3 Å². The molecular formula is C19H26O3. The van der Waals surface area contributed by atoms with Gasteiger partial charge in [0.1, 0.15) is 0 Å². The van der Waals surface area contributed by atoms with Crippen LogP contribution < -0.4 is 0 Å². The summed E-state index contributed by atoms with van der Waals surface area (Å²) in [5, 5.41) is 0. The number of rotatable bonds is 4. The highest BCUT2D eigenvalue weighted by molar-refractivity contribution is 5.80. The molecule has 2 atom stereocenters. The van der Waals surface area contributed by atoms with Crippen molar-refractivity contribution in [3.05, 3.63) is 12.2 Å². The number of ether oxygens (including phenoxy) is 2. The Labute approximate surface area is 132 Å². The molecule has 0 aromatic carbocycles. The maximum Gasteiger partial charge on any atom is 0.318 e. The number of carbonyl (C=O) groups excluding carboxylic acids is 1. The first kappa shape index (κ1) is 13.6. The Balaban J connectivity index is 1.20. The maximum absolute atomic E-state index is 12.5. The van der Waals surface area contributed by atoms with Crippen LogP contribution in [0.15, 0.2) is 12.2 Å². The van der Waals surface area contributed by atoms with E-state index in [0.29, 0.717) is 5.92 Å². The van der Waals surface area contributed by atoms with Crippen LogP contribution in [-0.2, 0) is 14.3 Å². The lowest BCUT2D eigenvalue weighted by Crippen LogP contribution is -2.52. The molecule has 6 rings (SSSR count). The van der Waals surface area contributed by atoms with Crippen LogP contribution in [0.5, 0.6) is 0 Å². The molecule has 0 aromatic rings. The summed E-state index contributed by atoms with van der Waals surface area (Å²) in [4.78, 5) is 12.5. The van der Waals surface area contributed by atoms with Crippen LogP contribution >= 0.6 is 0 Å². The molecule has 0 aliphatic heterocycles. The van der Waals surface area contributed by atoms with E-state index in [-0.39, 0.29) is 23.8 Å². The third-order valence-electron chi connectivity index (χ3n) is 7.22. The van der Waals surface area contributed by atoms with Crippen LogP contribution in [0, 0.1) is 29.1 Å². The van der Waals surface area contributed by atoms with Crippen LogP contribution in [0.4, 0.5) is 0 Å². The number of hydrogen-bond donors (Lipinski definition) is 0. The fraction of sp³-hybridized carbons (Fsp3) is 0.842. The molecule has 0 spiro atoms. The van der Waals surface area contributed by atoms with Crippen molar-refractivity contribution >= 4 is 5.97 Å². The Morgan fingerprint density at radius 1 is 1.05 bits per heavy atom. The Bertz CT molecular complexity index is 487. The van der Waals surface area contributed by atoms with Gasteiger partial charge in [0.15, 0.2) is 6.79 Å². The van der Waals surface area contributed by atoms with Gasteiger partial charge in [0.25, 0.3) is 0 Å². The lowest BCUT2D eigenvalue weighted by Gasteiger charge is -2.56. The number of allylic oxidation sites excluding steroid dienone is 1. The first-order valence-corrected chi connectivity index (χ1v) is 9.15. The van der Waals surface area contributed by atoms with E-state index >= 15 is 0 Å². The van der Waals surface area contributed by atoms with Gasteiger partial charge in [-0.25, -0.2) is 0 Å². The van der Waals surface area contributed by atoms with Crippen molar-refractivity contribution in [2.45, 2.75) is 63.4 Å². The molecular weight excluding hydrogens is 276 g/mol. The lowest BCUT2D eigenvalue weighted by atomic mass is 9.54. The number of carbonyl (C=O) groups is 1. The van der Waals surface area contributed by atoms with Gasteiger partial charge in [-0.3, -0.25) is 4.79 Å². The van der Waals surface area contributed by atoms with Gasteiger partial charge in [0.05, 0.1) is 11.0 Å². The van der Waals surface area contributed by atoms with Crippen LogP contribution in [0.1, 0.15) is 57.8 Å². The molecule has 22 heavy (non-hydrogen) atoms. The largest absolute Gasteiger partial charge is 0.438 e. The van der Waals surface area contributed by atoms with E-state index in [0.717, 1.165) is 37.0 Å². The predicted molar refractivity (Wildman–Crippen MR) is 81.9 cm³/mol. The summed E-state index contributed by atoms with van der Waals surface area (Å²) < 4.78 is 11.8. The van der Waals surface area contributed by atoms with E-state index in [4.69, 9.17) is 9.47 Å². The minimum Gasteiger partial charge on any atom is -0.438 e. The number of fused-ring (bicyclic) bond motifs is 2. The molecule has 5 fully saturated rings. The van der Waals surface area contributed by atoms with E-state index in [1.165, 1.54) is 38.5 Å².